The Kier molecular flexibility index (Phi) is 4.92. The molecule has 1 N–H and O–H groups in total. The van der Waals surface area contributed by atoms with E-state index in [0.29, 0.717) is 11.7 Å². The molecule has 5 heterocycles. The van der Waals surface area contributed by atoms with Crippen LogP contribution in [0.4, 0.5) is 5.69 Å². The average Bonchev–Trinajstić information content (AvgIpc) is 3.58. The third-order valence-corrected chi connectivity index (χ3v) is 6.29. The van der Waals surface area contributed by atoms with Gasteiger partial charge >= 0.3 is 0 Å². The van der Waals surface area contributed by atoms with Gasteiger partial charge in [-0.3, -0.25) is 9.97 Å². The summed E-state index contributed by atoms with van der Waals surface area (Å²) < 4.78 is 13.4. The Bertz CT molecular complexity index is 1290. The fourth-order valence-corrected chi connectivity index (χ4v) is 4.84. The van der Waals surface area contributed by atoms with Crippen LogP contribution in [-0.4, -0.2) is 26.4 Å². The SMILES string of the molecule is S=C1N[C@@H](c2ccccn2)[C@H](c2cccn2Cc2cccnc2)N1c1ccc2c(c1)OCO2. The van der Waals surface area contributed by atoms with Gasteiger partial charge in [0.05, 0.1) is 11.7 Å². The van der Waals surface area contributed by atoms with Gasteiger partial charge in [-0.1, -0.05) is 12.1 Å². The molecule has 4 aromatic rings. The molecular weight excluding hydrogens is 434 g/mol. The molecule has 2 aliphatic rings. The van der Waals surface area contributed by atoms with Crippen LogP contribution < -0.4 is 19.7 Å². The number of nitrogens with zero attached hydrogens (tertiary/aromatic N) is 4. The van der Waals surface area contributed by atoms with Crippen molar-refractivity contribution in [1.82, 2.24) is 19.9 Å². The number of hydrogen-bond acceptors (Lipinski definition) is 5. The fraction of sp³-hybridized carbons (Fsp3) is 0.160. The predicted octanol–water partition coefficient (Wildman–Crippen LogP) is 4.23. The smallest absolute Gasteiger partial charge is 0.231 e. The standard InChI is InChI=1S/C25H21N5O2S/c33-25-28-23(19-6-1-2-11-27-19)24(30(25)18-8-9-21-22(13-18)32-16-31-21)20-7-4-12-29(20)15-17-5-3-10-26-14-17/h1-14,23-24H,15-16H2,(H,28,33)/t23-,24-/m0/s1. The lowest BCUT2D eigenvalue weighted by molar-refractivity contribution is 0.174. The Labute approximate surface area is 196 Å². The quantitative estimate of drug-likeness (QED) is 0.452. The normalized spacial score (nSPS) is 19.0. The first-order valence-electron chi connectivity index (χ1n) is 10.7. The number of hydrogen-bond donors (Lipinski definition) is 1. The summed E-state index contributed by atoms with van der Waals surface area (Å²) in [6.45, 7) is 0.943. The molecule has 2 atom stereocenters. The molecule has 7 nitrogen and oxygen atoms in total. The van der Waals surface area contributed by atoms with E-state index >= 15 is 0 Å². The number of fused-ring (bicyclic) bond motifs is 1. The zero-order valence-electron chi connectivity index (χ0n) is 17.7. The van der Waals surface area contributed by atoms with Crippen LogP contribution in [-0.2, 0) is 6.54 Å². The van der Waals surface area contributed by atoms with Gasteiger partial charge < -0.3 is 24.3 Å². The zero-order valence-corrected chi connectivity index (χ0v) is 18.5. The van der Waals surface area contributed by atoms with Crippen LogP contribution in [0, 0.1) is 0 Å². The maximum absolute atomic E-state index is 5.85. The predicted molar refractivity (Wildman–Crippen MR) is 128 cm³/mol. The second kappa shape index (κ2) is 8.22. The van der Waals surface area contributed by atoms with E-state index in [4.69, 9.17) is 21.7 Å². The molecule has 0 radical (unpaired) electrons. The molecule has 0 spiro atoms. The first-order chi connectivity index (χ1) is 16.3. The van der Waals surface area contributed by atoms with Gasteiger partial charge in [0.2, 0.25) is 6.79 Å². The molecular formula is C25H21N5O2S. The highest BCUT2D eigenvalue weighted by Gasteiger charge is 2.42. The molecule has 1 aromatic carbocycles. The third-order valence-electron chi connectivity index (χ3n) is 5.98. The summed E-state index contributed by atoms with van der Waals surface area (Å²) in [4.78, 5) is 11.1. The number of pyridine rings is 2. The van der Waals surface area contributed by atoms with Crippen LogP contribution in [0.3, 0.4) is 0 Å². The van der Waals surface area contributed by atoms with Crippen LogP contribution in [0.5, 0.6) is 11.5 Å². The summed E-state index contributed by atoms with van der Waals surface area (Å²) >= 11 is 5.85. The fourth-order valence-electron chi connectivity index (χ4n) is 4.50. The Morgan fingerprint density at radius 3 is 2.79 bits per heavy atom. The zero-order chi connectivity index (χ0) is 22.2. The van der Waals surface area contributed by atoms with E-state index in [2.05, 4.69) is 49.1 Å². The summed E-state index contributed by atoms with van der Waals surface area (Å²) in [5, 5.41) is 4.16. The van der Waals surface area contributed by atoms with E-state index in [1.807, 2.05) is 54.9 Å². The molecule has 0 unspecified atom stereocenters. The van der Waals surface area contributed by atoms with Gasteiger partial charge in [-0.15, -0.1) is 0 Å². The van der Waals surface area contributed by atoms with Crippen molar-refractivity contribution in [2.24, 2.45) is 0 Å². The monoisotopic (exact) mass is 455 g/mol. The van der Waals surface area contributed by atoms with Gasteiger partial charge in [0.25, 0.3) is 0 Å². The van der Waals surface area contributed by atoms with Crippen LogP contribution in [0.1, 0.15) is 29.0 Å². The van der Waals surface area contributed by atoms with Crippen molar-refractivity contribution >= 4 is 23.0 Å². The van der Waals surface area contributed by atoms with Crippen LogP contribution >= 0.6 is 12.2 Å². The van der Waals surface area contributed by atoms with E-state index < -0.39 is 0 Å². The summed E-state index contributed by atoms with van der Waals surface area (Å²) in [7, 11) is 0. The number of nitrogens with one attached hydrogen (secondary N) is 1. The molecule has 0 amide bonds. The lowest BCUT2D eigenvalue weighted by Crippen LogP contribution is -2.30. The van der Waals surface area contributed by atoms with E-state index in [0.717, 1.165) is 34.1 Å². The van der Waals surface area contributed by atoms with Crippen molar-refractivity contribution in [2.75, 3.05) is 11.7 Å². The Hall–Kier alpha value is -3.91. The molecule has 0 bridgehead atoms. The van der Waals surface area contributed by atoms with E-state index in [9.17, 15) is 0 Å². The minimum Gasteiger partial charge on any atom is -0.454 e. The van der Waals surface area contributed by atoms with Gasteiger partial charge in [0.15, 0.2) is 16.6 Å². The summed E-state index contributed by atoms with van der Waals surface area (Å²) in [6.07, 6.45) is 7.59. The maximum Gasteiger partial charge on any atom is 0.231 e. The van der Waals surface area contributed by atoms with Crippen molar-refractivity contribution in [3.63, 3.8) is 0 Å². The van der Waals surface area contributed by atoms with Crippen LogP contribution in [0.25, 0.3) is 0 Å². The van der Waals surface area contributed by atoms with Gasteiger partial charge in [-0.2, -0.15) is 0 Å². The largest absolute Gasteiger partial charge is 0.454 e. The van der Waals surface area contributed by atoms with E-state index in [1.165, 1.54) is 0 Å². The Balaban J connectivity index is 1.45. The molecule has 1 saturated heterocycles. The van der Waals surface area contributed by atoms with Crippen molar-refractivity contribution in [1.29, 1.82) is 0 Å². The number of benzene rings is 1. The highest BCUT2D eigenvalue weighted by molar-refractivity contribution is 7.80. The lowest BCUT2D eigenvalue weighted by atomic mass is 10.0. The Morgan fingerprint density at radius 2 is 1.94 bits per heavy atom. The summed E-state index contributed by atoms with van der Waals surface area (Å²) in [5.74, 6) is 1.47. The average molecular weight is 456 g/mol. The minimum absolute atomic E-state index is 0.112. The first-order valence-corrected chi connectivity index (χ1v) is 11.1. The van der Waals surface area contributed by atoms with Crippen molar-refractivity contribution in [3.8, 4) is 11.5 Å². The second-order valence-electron chi connectivity index (χ2n) is 7.96. The number of rotatable bonds is 5. The van der Waals surface area contributed by atoms with Gasteiger partial charge in [-0.05, 0) is 60.2 Å². The summed E-state index contributed by atoms with van der Waals surface area (Å²) in [5.41, 5.74) is 4.13. The topological polar surface area (TPSA) is 64.4 Å². The highest BCUT2D eigenvalue weighted by Crippen LogP contribution is 2.44. The van der Waals surface area contributed by atoms with Crippen LogP contribution in [0.15, 0.2) is 85.5 Å². The maximum atomic E-state index is 5.85. The van der Waals surface area contributed by atoms with Gasteiger partial charge in [0, 0.05) is 48.8 Å². The molecule has 1 fully saturated rings. The summed E-state index contributed by atoms with van der Waals surface area (Å²) in [6, 6.07) is 19.9. The minimum atomic E-state index is -0.119. The number of aromatic nitrogens is 3. The Morgan fingerprint density at radius 1 is 1.00 bits per heavy atom. The van der Waals surface area contributed by atoms with Crippen molar-refractivity contribution in [2.45, 2.75) is 18.6 Å². The number of anilines is 1. The number of thiocarbonyl (C=S) groups is 1. The van der Waals surface area contributed by atoms with Gasteiger partial charge in [-0.25, -0.2) is 0 Å². The molecule has 164 valence electrons. The van der Waals surface area contributed by atoms with Crippen molar-refractivity contribution in [3.05, 3.63) is 102 Å². The molecule has 0 saturated carbocycles. The molecule has 8 heteroatoms. The molecule has 2 aliphatic heterocycles. The highest BCUT2D eigenvalue weighted by atomic mass is 32.1. The van der Waals surface area contributed by atoms with Gasteiger partial charge in [0.1, 0.15) is 6.04 Å². The van der Waals surface area contributed by atoms with Crippen molar-refractivity contribution < 1.29 is 9.47 Å². The van der Waals surface area contributed by atoms with E-state index in [1.54, 1.807) is 6.20 Å². The van der Waals surface area contributed by atoms with Crippen LogP contribution in [0.2, 0.25) is 0 Å². The molecule has 33 heavy (non-hydrogen) atoms. The molecule has 3 aromatic heterocycles. The molecule has 6 rings (SSSR count). The second-order valence-corrected chi connectivity index (χ2v) is 8.34. The lowest BCUT2D eigenvalue weighted by Gasteiger charge is -2.29. The van der Waals surface area contributed by atoms with E-state index in [-0.39, 0.29) is 18.9 Å². The third kappa shape index (κ3) is 3.58. The molecule has 0 aliphatic carbocycles. The number of ether oxygens (including phenoxy) is 2. The first kappa shape index (κ1) is 19.8.